The quantitative estimate of drug-likeness (QED) is 0.885. The van der Waals surface area contributed by atoms with Crippen LogP contribution >= 0.6 is 0 Å². The zero-order chi connectivity index (χ0) is 15.2. The number of rotatable bonds is 6. The Labute approximate surface area is 127 Å². The van der Waals surface area contributed by atoms with Crippen molar-refractivity contribution in [3.63, 3.8) is 0 Å². The molecule has 1 aromatic heterocycles. The number of hydrogen-bond acceptors (Lipinski definition) is 3. The van der Waals surface area contributed by atoms with Crippen molar-refractivity contribution in [1.29, 1.82) is 0 Å². The van der Waals surface area contributed by atoms with E-state index in [9.17, 15) is 0 Å². The molecular formula is C18H25N3. The van der Waals surface area contributed by atoms with Crippen LogP contribution in [0, 0.1) is 0 Å². The van der Waals surface area contributed by atoms with Crippen LogP contribution in [0.15, 0.2) is 48.8 Å². The molecule has 0 spiro atoms. The Bertz CT molecular complexity index is 536. The van der Waals surface area contributed by atoms with Crippen LogP contribution < -0.4 is 5.73 Å². The SMILES string of the molecule is CCc1ccc(C(N)C(C)N(C)Cc2ccncc2)cc1. The second-order valence-electron chi connectivity index (χ2n) is 5.63. The number of pyridine rings is 1. The number of benzene rings is 1. The molecule has 0 amide bonds. The molecule has 0 radical (unpaired) electrons. The van der Waals surface area contributed by atoms with E-state index in [0.717, 1.165) is 13.0 Å². The molecule has 0 aliphatic rings. The van der Waals surface area contributed by atoms with E-state index in [1.165, 1.54) is 16.7 Å². The molecule has 2 rings (SSSR count). The van der Waals surface area contributed by atoms with Crippen LogP contribution in [-0.2, 0) is 13.0 Å². The molecule has 21 heavy (non-hydrogen) atoms. The Hall–Kier alpha value is -1.71. The normalized spacial score (nSPS) is 14.1. The third kappa shape index (κ3) is 4.13. The summed E-state index contributed by atoms with van der Waals surface area (Å²) < 4.78 is 0. The van der Waals surface area contributed by atoms with E-state index >= 15 is 0 Å². The van der Waals surface area contributed by atoms with E-state index in [1.807, 2.05) is 24.5 Å². The molecule has 112 valence electrons. The molecule has 3 heteroatoms. The van der Waals surface area contributed by atoms with Crippen LogP contribution in [0.5, 0.6) is 0 Å². The molecule has 0 aliphatic heterocycles. The van der Waals surface area contributed by atoms with E-state index in [-0.39, 0.29) is 12.1 Å². The predicted molar refractivity (Wildman–Crippen MR) is 87.9 cm³/mol. The number of likely N-dealkylation sites (N-methyl/N-ethyl adjacent to an activating group) is 1. The molecule has 2 atom stereocenters. The summed E-state index contributed by atoms with van der Waals surface area (Å²) in [6.45, 7) is 5.23. The summed E-state index contributed by atoms with van der Waals surface area (Å²) in [4.78, 5) is 6.34. The largest absolute Gasteiger partial charge is 0.323 e. The molecule has 2 unspecified atom stereocenters. The highest BCUT2D eigenvalue weighted by atomic mass is 15.1. The van der Waals surface area contributed by atoms with Crippen LogP contribution in [0.3, 0.4) is 0 Å². The van der Waals surface area contributed by atoms with Gasteiger partial charge in [0.15, 0.2) is 0 Å². The van der Waals surface area contributed by atoms with Crippen molar-refractivity contribution in [2.45, 2.75) is 38.9 Å². The molecular weight excluding hydrogens is 258 g/mol. The maximum Gasteiger partial charge on any atom is 0.0450 e. The first-order chi connectivity index (χ1) is 10.1. The average Bonchev–Trinajstić information content (AvgIpc) is 2.54. The third-order valence-electron chi connectivity index (χ3n) is 4.17. The zero-order valence-electron chi connectivity index (χ0n) is 13.2. The van der Waals surface area contributed by atoms with Gasteiger partial charge >= 0.3 is 0 Å². The van der Waals surface area contributed by atoms with Gasteiger partial charge in [-0.05, 0) is 49.2 Å². The second-order valence-corrected chi connectivity index (χ2v) is 5.63. The van der Waals surface area contributed by atoms with Crippen molar-refractivity contribution < 1.29 is 0 Å². The van der Waals surface area contributed by atoms with Crippen molar-refractivity contribution >= 4 is 0 Å². The topological polar surface area (TPSA) is 42.1 Å². The van der Waals surface area contributed by atoms with Gasteiger partial charge in [0.05, 0.1) is 0 Å². The lowest BCUT2D eigenvalue weighted by Gasteiger charge is -2.30. The van der Waals surface area contributed by atoms with Crippen molar-refractivity contribution in [2.24, 2.45) is 5.73 Å². The highest BCUT2D eigenvalue weighted by molar-refractivity contribution is 5.25. The fraction of sp³-hybridized carbons (Fsp3) is 0.389. The van der Waals surface area contributed by atoms with Gasteiger partial charge in [-0.15, -0.1) is 0 Å². The van der Waals surface area contributed by atoms with Gasteiger partial charge in [-0.2, -0.15) is 0 Å². The molecule has 0 saturated carbocycles. The van der Waals surface area contributed by atoms with Gasteiger partial charge in [-0.3, -0.25) is 9.88 Å². The number of aromatic nitrogens is 1. The van der Waals surface area contributed by atoms with Crippen LogP contribution in [0.25, 0.3) is 0 Å². The minimum absolute atomic E-state index is 0.0164. The fourth-order valence-corrected chi connectivity index (χ4v) is 2.45. The molecule has 0 saturated heterocycles. The molecule has 1 aromatic carbocycles. The lowest BCUT2D eigenvalue weighted by molar-refractivity contribution is 0.219. The summed E-state index contributed by atoms with van der Waals surface area (Å²) in [6.07, 6.45) is 4.72. The first kappa shape index (κ1) is 15.7. The van der Waals surface area contributed by atoms with Crippen molar-refractivity contribution in [2.75, 3.05) is 7.05 Å². The van der Waals surface area contributed by atoms with E-state index in [4.69, 9.17) is 5.73 Å². The molecule has 2 N–H and O–H groups in total. The minimum atomic E-state index is 0.0164. The lowest BCUT2D eigenvalue weighted by atomic mass is 9.98. The summed E-state index contributed by atoms with van der Waals surface area (Å²) >= 11 is 0. The molecule has 0 aliphatic carbocycles. The fourth-order valence-electron chi connectivity index (χ4n) is 2.45. The average molecular weight is 283 g/mol. The maximum atomic E-state index is 6.43. The smallest absolute Gasteiger partial charge is 0.0450 e. The molecule has 3 nitrogen and oxygen atoms in total. The first-order valence-electron chi connectivity index (χ1n) is 7.55. The van der Waals surface area contributed by atoms with Crippen LogP contribution in [0.4, 0.5) is 0 Å². The highest BCUT2D eigenvalue weighted by Gasteiger charge is 2.19. The number of nitrogens with zero attached hydrogens (tertiary/aromatic N) is 2. The summed E-state index contributed by atoms with van der Waals surface area (Å²) in [6, 6.07) is 13.0. The maximum absolute atomic E-state index is 6.43. The Kier molecular flexibility index (Phi) is 5.48. The van der Waals surface area contributed by atoms with Gasteiger partial charge in [-0.25, -0.2) is 0 Å². The van der Waals surface area contributed by atoms with Crippen LogP contribution in [0.2, 0.25) is 0 Å². The monoisotopic (exact) mass is 283 g/mol. The van der Waals surface area contributed by atoms with Gasteiger partial charge in [0, 0.05) is 31.0 Å². The molecule has 1 heterocycles. The Morgan fingerprint density at radius 1 is 1.05 bits per heavy atom. The zero-order valence-corrected chi connectivity index (χ0v) is 13.2. The molecule has 0 fully saturated rings. The van der Waals surface area contributed by atoms with Gasteiger partial charge in [0.1, 0.15) is 0 Å². The highest BCUT2D eigenvalue weighted by Crippen LogP contribution is 2.20. The predicted octanol–water partition coefficient (Wildman–Crippen LogP) is 3.16. The summed E-state index contributed by atoms with van der Waals surface area (Å²) in [5.41, 5.74) is 10.2. The number of nitrogens with two attached hydrogens (primary N) is 1. The number of hydrogen-bond donors (Lipinski definition) is 1. The van der Waals surface area contributed by atoms with Crippen LogP contribution in [-0.4, -0.2) is 23.0 Å². The van der Waals surface area contributed by atoms with Crippen molar-refractivity contribution in [1.82, 2.24) is 9.88 Å². The van der Waals surface area contributed by atoms with Gasteiger partial charge in [0.25, 0.3) is 0 Å². The van der Waals surface area contributed by atoms with Crippen molar-refractivity contribution in [3.05, 3.63) is 65.5 Å². The Balaban J connectivity index is 2.01. The standard InChI is InChI=1S/C18H25N3/c1-4-15-5-7-17(8-6-15)18(19)14(2)21(3)13-16-9-11-20-12-10-16/h5-12,14,18H,4,13,19H2,1-3H3. The lowest BCUT2D eigenvalue weighted by Crippen LogP contribution is -2.37. The first-order valence-corrected chi connectivity index (χ1v) is 7.55. The summed E-state index contributed by atoms with van der Waals surface area (Å²) in [5.74, 6) is 0. The molecule has 0 bridgehead atoms. The summed E-state index contributed by atoms with van der Waals surface area (Å²) in [5, 5.41) is 0. The van der Waals surface area contributed by atoms with E-state index in [2.05, 4.69) is 55.0 Å². The van der Waals surface area contributed by atoms with E-state index in [1.54, 1.807) is 0 Å². The Morgan fingerprint density at radius 2 is 1.67 bits per heavy atom. The van der Waals surface area contributed by atoms with E-state index < -0.39 is 0 Å². The van der Waals surface area contributed by atoms with E-state index in [0.29, 0.717) is 0 Å². The second kappa shape index (κ2) is 7.34. The van der Waals surface area contributed by atoms with Crippen LogP contribution in [0.1, 0.15) is 36.6 Å². The Morgan fingerprint density at radius 3 is 2.24 bits per heavy atom. The summed E-state index contributed by atoms with van der Waals surface area (Å²) in [7, 11) is 2.12. The van der Waals surface area contributed by atoms with Crippen molar-refractivity contribution in [3.8, 4) is 0 Å². The number of aryl methyl sites for hydroxylation is 1. The van der Waals surface area contributed by atoms with Gasteiger partial charge in [0.2, 0.25) is 0 Å². The van der Waals surface area contributed by atoms with Gasteiger partial charge in [-0.1, -0.05) is 31.2 Å². The minimum Gasteiger partial charge on any atom is -0.323 e. The third-order valence-corrected chi connectivity index (χ3v) is 4.17. The van der Waals surface area contributed by atoms with Gasteiger partial charge < -0.3 is 5.73 Å². The molecule has 2 aromatic rings.